The Bertz CT molecular complexity index is 654. The Kier molecular flexibility index (Phi) is 3.96. The highest BCUT2D eigenvalue weighted by Gasteiger charge is 2.28. The molecule has 1 atom stereocenters. The predicted octanol–water partition coefficient (Wildman–Crippen LogP) is 1.81. The Morgan fingerprint density at radius 2 is 2.19 bits per heavy atom. The molecule has 21 heavy (non-hydrogen) atoms. The van der Waals surface area contributed by atoms with Gasteiger partial charge in [0.15, 0.2) is 5.13 Å². The number of benzene rings is 1. The number of nitrogens with zero attached hydrogens (tertiary/aromatic N) is 1. The first kappa shape index (κ1) is 13.8. The molecule has 2 N–H and O–H groups in total. The molecule has 1 fully saturated rings. The zero-order chi connectivity index (χ0) is 14.7. The van der Waals surface area contributed by atoms with Crippen LogP contribution in [-0.2, 0) is 16.0 Å². The number of anilines is 1. The van der Waals surface area contributed by atoms with Gasteiger partial charge in [0.1, 0.15) is 0 Å². The smallest absolute Gasteiger partial charge is 0.231 e. The zero-order valence-corrected chi connectivity index (χ0v) is 12.2. The van der Waals surface area contributed by atoms with Crippen LogP contribution in [0, 0.1) is 5.92 Å². The lowest BCUT2D eigenvalue weighted by molar-refractivity contribution is -0.123. The molecule has 0 radical (unpaired) electrons. The standard InChI is InChI=1S/C15H15N3O2S/c19-13-7-11(8-16-13)14(20)18-15-17-12(9-21-15)6-10-4-2-1-3-5-10/h1-5,9,11H,6-8H2,(H,16,19)(H,17,18,20)/t11-/m1/s1. The van der Waals surface area contributed by atoms with Crippen molar-refractivity contribution in [1.29, 1.82) is 0 Å². The molecule has 1 aliphatic rings. The molecule has 2 amide bonds. The van der Waals surface area contributed by atoms with Gasteiger partial charge in [-0.05, 0) is 5.56 Å². The van der Waals surface area contributed by atoms with Gasteiger partial charge >= 0.3 is 0 Å². The van der Waals surface area contributed by atoms with Crippen molar-refractivity contribution in [2.24, 2.45) is 5.92 Å². The quantitative estimate of drug-likeness (QED) is 0.904. The summed E-state index contributed by atoms with van der Waals surface area (Å²) >= 11 is 1.41. The summed E-state index contributed by atoms with van der Waals surface area (Å²) in [5.41, 5.74) is 2.12. The fourth-order valence-corrected chi connectivity index (χ4v) is 2.96. The van der Waals surface area contributed by atoms with Crippen LogP contribution in [0.1, 0.15) is 17.7 Å². The van der Waals surface area contributed by atoms with Crippen LogP contribution in [0.5, 0.6) is 0 Å². The third-order valence-corrected chi connectivity index (χ3v) is 4.16. The van der Waals surface area contributed by atoms with Gasteiger partial charge in [0, 0.05) is 24.8 Å². The molecule has 0 aliphatic carbocycles. The van der Waals surface area contributed by atoms with Gasteiger partial charge < -0.3 is 10.6 Å². The molecule has 1 aliphatic heterocycles. The van der Waals surface area contributed by atoms with Crippen molar-refractivity contribution < 1.29 is 9.59 Å². The lowest BCUT2D eigenvalue weighted by atomic mass is 10.1. The number of carbonyl (C=O) groups is 2. The fraction of sp³-hybridized carbons (Fsp3) is 0.267. The van der Waals surface area contributed by atoms with Crippen molar-refractivity contribution in [1.82, 2.24) is 10.3 Å². The molecule has 108 valence electrons. The monoisotopic (exact) mass is 301 g/mol. The first-order valence-electron chi connectivity index (χ1n) is 6.76. The molecule has 0 unspecified atom stereocenters. The first-order valence-corrected chi connectivity index (χ1v) is 7.64. The number of carbonyl (C=O) groups excluding carboxylic acids is 2. The maximum Gasteiger partial charge on any atom is 0.231 e. The van der Waals surface area contributed by atoms with E-state index >= 15 is 0 Å². The molecule has 2 aromatic rings. The molecule has 2 heterocycles. The van der Waals surface area contributed by atoms with Crippen molar-refractivity contribution in [2.75, 3.05) is 11.9 Å². The molecule has 1 saturated heterocycles. The number of nitrogens with one attached hydrogen (secondary N) is 2. The maximum atomic E-state index is 12.0. The number of hydrogen-bond acceptors (Lipinski definition) is 4. The Morgan fingerprint density at radius 3 is 2.90 bits per heavy atom. The van der Waals surface area contributed by atoms with E-state index < -0.39 is 0 Å². The number of hydrogen-bond donors (Lipinski definition) is 2. The average molecular weight is 301 g/mol. The molecule has 6 heteroatoms. The Labute approximate surface area is 126 Å². The highest BCUT2D eigenvalue weighted by molar-refractivity contribution is 7.13. The molecular weight excluding hydrogens is 286 g/mol. The van der Waals surface area contributed by atoms with E-state index in [9.17, 15) is 9.59 Å². The fourth-order valence-electron chi connectivity index (χ4n) is 2.25. The second-order valence-corrected chi connectivity index (χ2v) is 5.86. The number of rotatable bonds is 4. The highest BCUT2D eigenvalue weighted by Crippen LogP contribution is 2.20. The third kappa shape index (κ3) is 3.46. The average Bonchev–Trinajstić information content (AvgIpc) is 3.09. The highest BCUT2D eigenvalue weighted by atomic mass is 32.1. The third-order valence-electron chi connectivity index (χ3n) is 3.36. The number of aromatic nitrogens is 1. The predicted molar refractivity (Wildman–Crippen MR) is 81.1 cm³/mol. The van der Waals surface area contributed by atoms with Gasteiger partial charge in [-0.15, -0.1) is 11.3 Å². The molecule has 0 bridgehead atoms. The Morgan fingerprint density at radius 1 is 1.38 bits per heavy atom. The zero-order valence-electron chi connectivity index (χ0n) is 11.3. The lowest BCUT2D eigenvalue weighted by Gasteiger charge is -2.05. The normalized spacial score (nSPS) is 17.5. The van der Waals surface area contributed by atoms with E-state index in [1.54, 1.807) is 0 Å². The lowest BCUT2D eigenvalue weighted by Crippen LogP contribution is -2.24. The van der Waals surface area contributed by atoms with E-state index in [0.29, 0.717) is 11.7 Å². The molecule has 1 aromatic carbocycles. The van der Waals surface area contributed by atoms with E-state index in [1.165, 1.54) is 16.9 Å². The van der Waals surface area contributed by atoms with E-state index in [1.807, 2.05) is 35.7 Å². The van der Waals surface area contributed by atoms with E-state index in [4.69, 9.17) is 0 Å². The summed E-state index contributed by atoms with van der Waals surface area (Å²) < 4.78 is 0. The van der Waals surface area contributed by atoms with Crippen LogP contribution in [0.15, 0.2) is 35.7 Å². The van der Waals surface area contributed by atoms with Crippen LogP contribution >= 0.6 is 11.3 Å². The summed E-state index contributed by atoms with van der Waals surface area (Å²) in [5, 5.41) is 7.98. The molecular formula is C15H15N3O2S. The van der Waals surface area contributed by atoms with E-state index in [2.05, 4.69) is 15.6 Å². The van der Waals surface area contributed by atoms with Crippen LogP contribution in [0.3, 0.4) is 0 Å². The second kappa shape index (κ2) is 6.05. The van der Waals surface area contributed by atoms with Gasteiger partial charge in [0.25, 0.3) is 0 Å². The second-order valence-electron chi connectivity index (χ2n) is 5.00. The van der Waals surface area contributed by atoms with Crippen molar-refractivity contribution in [2.45, 2.75) is 12.8 Å². The van der Waals surface area contributed by atoms with Crippen LogP contribution in [0.4, 0.5) is 5.13 Å². The van der Waals surface area contributed by atoms with E-state index in [-0.39, 0.29) is 24.2 Å². The van der Waals surface area contributed by atoms with Crippen molar-refractivity contribution in [3.05, 3.63) is 47.0 Å². The SMILES string of the molecule is O=C1C[C@@H](C(=O)Nc2nc(Cc3ccccc3)cs2)CN1. The van der Waals surface area contributed by atoms with Crippen LogP contribution in [0.25, 0.3) is 0 Å². The summed E-state index contributed by atoms with van der Waals surface area (Å²) in [6, 6.07) is 10.1. The molecule has 5 nitrogen and oxygen atoms in total. The summed E-state index contributed by atoms with van der Waals surface area (Å²) in [6.07, 6.45) is 1.00. The van der Waals surface area contributed by atoms with Gasteiger partial charge in [-0.3, -0.25) is 9.59 Å². The first-order chi connectivity index (χ1) is 10.2. The maximum absolute atomic E-state index is 12.0. The van der Waals surface area contributed by atoms with Crippen molar-refractivity contribution in [3.8, 4) is 0 Å². The van der Waals surface area contributed by atoms with Gasteiger partial charge in [-0.1, -0.05) is 30.3 Å². The van der Waals surface area contributed by atoms with Crippen molar-refractivity contribution in [3.63, 3.8) is 0 Å². The van der Waals surface area contributed by atoms with Gasteiger partial charge in [-0.25, -0.2) is 4.98 Å². The minimum Gasteiger partial charge on any atom is -0.355 e. The van der Waals surface area contributed by atoms with Gasteiger partial charge in [0.05, 0.1) is 11.6 Å². The largest absolute Gasteiger partial charge is 0.355 e. The Balaban J connectivity index is 1.60. The van der Waals surface area contributed by atoms with Crippen LogP contribution in [-0.4, -0.2) is 23.3 Å². The molecule has 0 spiro atoms. The van der Waals surface area contributed by atoms with Gasteiger partial charge in [0.2, 0.25) is 11.8 Å². The van der Waals surface area contributed by atoms with Crippen molar-refractivity contribution >= 4 is 28.3 Å². The van der Waals surface area contributed by atoms with Crippen LogP contribution < -0.4 is 10.6 Å². The summed E-state index contributed by atoms with van der Waals surface area (Å²) in [4.78, 5) is 27.5. The minimum absolute atomic E-state index is 0.0703. The number of amides is 2. The summed E-state index contributed by atoms with van der Waals surface area (Å²) in [6.45, 7) is 0.410. The number of thiazole rings is 1. The summed E-state index contributed by atoms with van der Waals surface area (Å²) in [7, 11) is 0. The topological polar surface area (TPSA) is 71.1 Å². The van der Waals surface area contributed by atoms with Gasteiger partial charge in [-0.2, -0.15) is 0 Å². The molecule has 0 saturated carbocycles. The van der Waals surface area contributed by atoms with E-state index in [0.717, 1.165) is 12.1 Å². The Hall–Kier alpha value is -2.21. The minimum atomic E-state index is -0.293. The molecule has 1 aromatic heterocycles. The van der Waals surface area contributed by atoms with Crippen LogP contribution in [0.2, 0.25) is 0 Å². The molecule has 3 rings (SSSR count). The summed E-state index contributed by atoms with van der Waals surface area (Å²) in [5.74, 6) is -0.507.